The van der Waals surface area contributed by atoms with Crippen LogP contribution in [0.5, 0.6) is 0 Å². The first-order valence-corrected chi connectivity index (χ1v) is 5.43. The molecule has 0 unspecified atom stereocenters. The van der Waals surface area contributed by atoms with Gasteiger partial charge in [0, 0.05) is 18.5 Å². The highest BCUT2D eigenvalue weighted by atomic mass is 35.5. The van der Waals surface area contributed by atoms with E-state index in [0.29, 0.717) is 11.5 Å². The summed E-state index contributed by atoms with van der Waals surface area (Å²) in [7, 11) is 1.95. The van der Waals surface area contributed by atoms with Crippen molar-refractivity contribution in [2.75, 3.05) is 17.8 Å². The summed E-state index contributed by atoms with van der Waals surface area (Å²) < 4.78 is 1.40. The molecule has 0 aliphatic rings. The van der Waals surface area contributed by atoms with Crippen molar-refractivity contribution in [2.45, 2.75) is 19.4 Å². The first-order valence-electron chi connectivity index (χ1n) is 4.90. The van der Waals surface area contributed by atoms with E-state index in [1.165, 1.54) is 4.63 Å². The standard InChI is InChI=1S/C9H13ClN6/c1-9(2,6-10)15(3)8-5-4-7-11-13-14-16(7)12-8/h4-5H,6H2,1-3H3. The molecule has 2 heterocycles. The van der Waals surface area contributed by atoms with Gasteiger partial charge in [-0.05, 0) is 36.4 Å². The minimum absolute atomic E-state index is 0.170. The number of fused-ring (bicyclic) bond motifs is 1. The fraction of sp³-hybridized carbons (Fsp3) is 0.556. The molecule has 86 valence electrons. The van der Waals surface area contributed by atoms with Gasteiger partial charge in [-0.3, -0.25) is 0 Å². The molecule has 7 heteroatoms. The molecule has 2 aromatic heterocycles. The van der Waals surface area contributed by atoms with Crippen molar-refractivity contribution in [1.29, 1.82) is 0 Å². The fourth-order valence-electron chi connectivity index (χ4n) is 1.22. The van der Waals surface area contributed by atoms with Gasteiger partial charge >= 0.3 is 0 Å². The molecule has 0 fully saturated rings. The van der Waals surface area contributed by atoms with E-state index in [9.17, 15) is 0 Å². The number of tetrazole rings is 1. The molecule has 16 heavy (non-hydrogen) atoms. The van der Waals surface area contributed by atoms with Gasteiger partial charge in [0.2, 0.25) is 0 Å². The van der Waals surface area contributed by atoms with Gasteiger partial charge in [-0.1, -0.05) is 0 Å². The van der Waals surface area contributed by atoms with Crippen LogP contribution in [0.3, 0.4) is 0 Å². The van der Waals surface area contributed by atoms with Crippen LogP contribution >= 0.6 is 11.6 Å². The third kappa shape index (κ3) is 1.80. The Hall–Kier alpha value is -1.43. The van der Waals surface area contributed by atoms with Gasteiger partial charge in [-0.25, -0.2) is 0 Å². The Bertz CT molecular complexity index is 493. The van der Waals surface area contributed by atoms with Crippen LogP contribution in [-0.4, -0.2) is 43.7 Å². The molecule has 0 bridgehead atoms. The third-order valence-electron chi connectivity index (χ3n) is 2.63. The van der Waals surface area contributed by atoms with Crippen LogP contribution in [0.2, 0.25) is 0 Å². The smallest absolute Gasteiger partial charge is 0.200 e. The molecule has 0 N–H and O–H groups in total. The Balaban J connectivity index is 2.39. The summed E-state index contributed by atoms with van der Waals surface area (Å²) in [4.78, 5) is 2.00. The second kappa shape index (κ2) is 3.86. The van der Waals surface area contributed by atoms with Gasteiger partial charge in [0.1, 0.15) is 0 Å². The molecule has 2 aromatic rings. The van der Waals surface area contributed by atoms with Gasteiger partial charge in [0.15, 0.2) is 11.5 Å². The van der Waals surface area contributed by atoms with Crippen LogP contribution in [0.4, 0.5) is 5.82 Å². The van der Waals surface area contributed by atoms with E-state index in [1.54, 1.807) is 0 Å². The van der Waals surface area contributed by atoms with E-state index in [4.69, 9.17) is 11.6 Å². The summed E-state index contributed by atoms with van der Waals surface area (Å²) >= 11 is 5.92. The van der Waals surface area contributed by atoms with E-state index in [-0.39, 0.29) is 5.54 Å². The largest absolute Gasteiger partial charge is 0.352 e. The fourth-order valence-corrected chi connectivity index (χ4v) is 1.40. The Morgan fingerprint density at radius 3 is 2.88 bits per heavy atom. The second-order valence-electron chi connectivity index (χ2n) is 4.22. The topological polar surface area (TPSA) is 59.2 Å². The number of hydrogen-bond donors (Lipinski definition) is 0. The molecular formula is C9H13ClN6. The molecule has 0 spiro atoms. The monoisotopic (exact) mass is 240 g/mol. The highest BCUT2D eigenvalue weighted by Crippen LogP contribution is 2.20. The van der Waals surface area contributed by atoms with Crippen molar-refractivity contribution in [1.82, 2.24) is 25.3 Å². The number of aromatic nitrogens is 5. The van der Waals surface area contributed by atoms with Crippen LogP contribution in [-0.2, 0) is 0 Å². The Labute approximate surface area is 98.2 Å². The maximum absolute atomic E-state index is 5.92. The molecule has 0 saturated heterocycles. The van der Waals surface area contributed by atoms with E-state index in [1.807, 2.05) is 37.9 Å². The minimum Gasteiger partial charge on any atom is -0.352 e. The highest BCUT2D eigenvalue weighted by Gasteiger charge is 2.23. The summed E-state index contributed by atoms with van der Waals surface area (Å²) in [5.41, 5.74) is 0.455. The second-order valence-corrected chi connectivity index (χ2v) is 4.49. The molecule has 0 aliphatic carbocycles. The van der Waals surface area contributed by atoms with Crippen molar-refractivity contribution in [2.24, 2.45) is 0 Å². The summed E-state index contributed by atoms with van der Waals surface area (Å²) in [6, 6.07) is 3.70. The minimum atomic E-state index is -0.170. The lowest BCUT2D eigenvalue weighted by Crippen LogP contribution is -2.43. The average molecular weight is 241 g/mol. The van der Waals surface area contributed by atoms with E-state index in [2.05, 4.69) is 20.6 Å². The quantitative estimate of drug-likeness (QED) is 0.749. The number of halogens is 1. The van der Waals surface area contributed by atoms with Crippen molar-refractivity contribution in [3.8, 4) is 0 Å². The van der Waals surface area contributed by atoms with Gasteiger partial charge in [-0.2, -0.15) is 0 Å². The predicted octanol–water partition coefficient (Wildman–Crippen LogP) is 0.973. The number of alkyl halides is 1. The molecule has 0 aliphatic heterocycles. The van der Waals surface area contributed by atoms with Gasteiger partial charge < -0.3 is 4.90 Å². The maximum atomic E-state index is 5.92. The number of rotatable bonds is 3. The lowest BCUT2D eigenvalue weighted by molar-refractivity contribution is 0.534. The summed E-state index contributed by atoms with van der Waals surface area (Å²) in [5, 5.41) is 15.4. The molecule has 6 nitrogen and oxygen atoms in total. The van der Waals surface area contributed by atoms with Crippen LogP contribution in [0.25, 0.3) is 5.65 Å². The Morgan fingerprint density at radius 1 is 1.44 bits per heavy atom. The molecule has 0 aromatic carbocycles. The van der Waals surface area contributed by atoms with Crippen molar-refractivity contribution >= 4 is 23.1 Å². The summed E-state index contributed by atoms with van der Waals surface area (Å²) in [6.45, 7) is 4.09. The SMILES string of the molecule is CN(c1ccc2nnnn2n1)C(C)(C)CCl. The lowest BCUT2D eigenvalue weighted by atomic mass is 10.1. The lowest BCUT2D eigenvalue weighted by Gasteiger charge is -2.34. The number of anilines is 1. The molecular weight excluding hydrogens is 228 g/mol. The normalized spacial score (nSPS) is 12.0. The highest BCUT2D eigenvalue weighted by molar-refractivity contribution is 6.18. The van der Waals surface area contributed by atoms with Crippen molar-refractivity contribution in [3.05, 3.63) is 12.1 Å². The summed E-state index contributed by atoms with van der Waals surface area (Å²) in [6.07, 6.45) is 0. The summed E-state index contributed by atoms with van der Waals surface area (Å²) in [5.74, 6) is 1.30. The maximum Gasteiger partial charge on any atom is 0.200 e. The Morgan fingerprint density at radius 2 is 2.19 bits per heavy atom. The van der Waals surface area contributed by atoms with E-state index >= 15 is 0 Å². The molecule has 0 radical (unpaired) electrons. The van der Waals surface area contributed by atoms with Crippen LogP contribution in [0, 0.1) is 0 Å². The Kier molecular flexibility index (Phi) is 2.67. The van der Waals surface area contributed by atoms with Crippen LogP contribution in [0.1, 0.15) is 13.8 Å². The van der Waals surface area contributed by atoms with Gasteiger partial charge in [0.05, 0.1) is 0 Å². The van der Waals surface area contributed by atoms with Crippen LogP contribution in [0.15, 0.2) is 12.1 Å². The first kappa shape index (κ1) is 11.1. The van der Waals surface area contributed by atoms with E-state index < -0.39 is 0 Å². The van der Waals surface area contributed by atoms with Gasteiger partial charge in [0.25, 0.3) is 0 Å². The first-order chi connectivity index (χ1) is 7.54. The molecule has 0 atom stereocenters. The van der Waals surface area contributed by atoms with Crippen LogP contribution < -0.4 is 4.90 Å². The zero-order valence-electron chi connectivity index (χ0n) is 9.42. The molecule has 0 saturated carbocycles. The van der Waals surface area contributed by atoms with Crippen molar-refractivity contribution < 1.29 is 0 Å². The van der Waals surface area contributed by atoms with E-state index in [0.717, 1.165) is 5.82 Å². The number of hydrogen-bond acceptors (Lipinski definition) is 5. The molecule has 2 rings (SSSR count). The number of nitrogens with zero attached hydrogens (tertiary/aromatic N) is 6. The predicted molar refractivity (Wildman–Crippen MR) is 61.8 cm³/mol. The zero-order valence-corrected chi connectivity index (χ0v) is 10.2. The third-order valence-corrected chi connectivity index (χ3v) is 3.29. The zero-order chi connectivity index (χ0) is 11.8. The van der Waals surface area contributed by atoms with Gasteiger partial charge in [-0.15, -0.1) is 26.4 Å². The van der Waals surface area contributed by atoms with Crippen molar-refractivity contribution in [3.63, 3.8) is 0 Å². The molecule has 0 amide bonds. The average Bonchev–Trinajstić information content (AvgIpc) is 2.74.